The van der Waals surface area contributed by atoms with Crippen LogP contribution in [-0.4, -0.2) is 61.0 Å². The average Bonchev–Trinajstić information content (AvgIpc) is 3.48. The Morgan fingerprint density at radius 1 is 0.920 bits per heavy atom. The summed E-state index contributed by atoms with van der Waals surface area (Å²) in [6, 6.07) is 7.50. The fourth-order valence-corrected chi connectivity index (χ4v) is 4.20. The highest BCUT2D eigenvalue weighted by molar-refractivity contribution is 5.76. The molecule has 0 aromatic heterocycles. The molecule has 1 amide bonds. The topological polar surface area (TPSA) is 26.8 Å². The van der Waals surface area contributed by atoms with E-state index in [1.807, 2.05) is 17.0 Å². The van der Waals surface area contributed by atoms with Crippen LogP contribution in [0.3, 0.4) is 0 Å². The van der Waals surface area contributed by atoms with Crippen molar-refractivity contribution >= 4 is 11.6 Å². The summed E-state index contributed by atoms with van der Waals surface area (Å²) in [4.78, 5) is 19.5. The molecule has 5 heteroatoms. The lowest BCUT2D eigenvalue weighted by molar-refractivity contribution is -0.132. The number of likely N-dealkylation sites (tertiary alicyclic amines) is 1. The number of hydrogen-bond donors (Lipinski definition) is 0. The number of piperazine rings is 1. The molecule has 0 spiro atoms. The molecule has 0 atom stereocenters. The molecule has 25 heavy (non-hydrogen) atoms. The van der Waals surface area contributed by atoms with Gasteiger partial charge in [0.05, 0.1) is 0 Å². The van der Waals surface area contributed by atoms with Crippen LogP contribution >= 0.6 is 0 Å². The Morgan fingerprint density at radius 2 is 1.56 bits per heavy atom. The van der Waals surface area contributed by atoms with Crippen molar-refractivity contribution in [2.24, 2.45) is 5.92 Å². The number of rotatable bonds is 4. The van der Waals surface area contributed by atoms with E-state index in [4.69, 9.17) is 0 Å². The number of carbonyl (C=O) groups is 1. The van der Waals surface area contributed by atoms with Crippen LogP contribution in [0.2, 0.25) is 0 Å². The summed E-state index contributed by atoms with van der Waals surface area (Å²) in [6.45, 7) is 5.57. The van der Waals surface area contributed by atoms with Crippen LogP contribution in [0, 0.1) is 11.7 Å². The van der Waals surface area contributed by atoms with E-state index >= 15 is 0 Å². The molecule has 3 fully saturated rings. The lowest BCUT2D eigenvalue weighted by Crippen LogP contribution is -2.49. The zero-order chi connectivity index (χ0) is 17.2. The number of benzene rings is 1. The molecule has 4 nitrogen and oxygen atoms in total. The molecule has 2 heterocycles. The smallest absolute Gasteiger partial charge is 0.222 e. The van der Waals surface area contributed by atoms with E-state index < -0.39 is 0 Å². The zero-order valence-corrected chi connectivity index (χ0v) is 14.9. The quantitative estimate of drug-likeness (QED) is 0.840. The van der Waals surface area contributed by atoms with Crippen LogP contribution in [0.25, 0.3) is 0 Å². The van der Waals surface area contributed by atoms with Gasteiger partial charge in [0.25, 0.3) is 0 Å². The van der Waals surface area contributed by atoms with Gasteiger partial charge in [-0.1, -0.05) is 0 Å². The third-order valence-electron chi connectivity index (χ3n) is 6.00. The standard InChI is InChI=1S/C20H28FN3O/c21-17-1-3-18(4-2-17)23-11-13-24(14-12-23)20(25)15-16-7-9-22(10-8-16)19-5-6-19/h1-4,16,19H,5-15H2. The lowest BCUT2D eigenvalue weighted by Gasteiger charge is -2.37. The van der Waals surface area contributed by atoms with Crippen molar-refractivity contribution in [1.29, 1.82) is 0 Å². The summed E-state index contributed by atoms with van der Waals surface area (Å²) in [5.74, 6) is 0.687. The summed E-state index contributed by atoms with van der Waals surface area (Å²) >= 11 is 0. The van der Waals surface area contributed by atoms with Gasteiger partial charge >= 0.3 is 0 Å². The molecule has 0 unspecified atom stereocenters. The molecule has 2 aliphatic heterocycles. The van der Waals surface area contributed by atoms with Crippen LogP contribution in [0.4, 0.5) is 10.1 Å². The molecule has 4 rings (SSSR count). The Hall–Kier alpha value is -1.62. The van der Waals surface area contributed by atoms with Crippen LogP contribution in [0.1, 0.15) is 32.1 Å². The SMILES string of the molecule is O=C(CC1CCN(C2CC2)CC1)N1CCN(c2ccc(F)cc2)CC1. The Labute approximate surface area is 149 Å². The first-order chi connectivity index (χ1) is 12.2. The number of nitrogens with zero attached hydrogens (tertiary/aromatic N) is 3. The van der Waals surface area contributed by atoms with Gasteiger partial charge in [-0.15, -0.1) is 0 Å². The van der Waals surface area contributed by atoms with E-state index in [0.29, 0.717) is 11.8 Å². The minimum absolute atomic E-state index is 0.203. The van der Waals surface area contributed by atoms with Crippen molar-refractivity contribution in [2.45, 2.75) is 38.1 Å². The van der Waals surface area contributed by atoms with Gasteiger partial charge in [-0.2, -0.15) is 0 Å². The monoisotopic (exact) mass is 345 g/mol. The predicted molar refractivity (Wildman–Crippen MR) is 97.1 cm³/mol. The minimum atomic E-state index is -0.203. The number of piperidine rings is 1. The molecular formula is C20H28FN3O. The van der Waals surface area contributed by atoms with Gasteiger partial charge in [-0.05, 0) is 69.0 Å². The predicted octanol–water partition coefficient (Wildman–Crippen LogP) is 2.74. The molecule has 1 saturated carbocycles. The second-order valence-corrected chi connectivity index (χ2v) is 7.76. The van der Waals surface area contributed by atoms with Gasteiger partial charge in [0, 0.05) is 44.3 Å². The van der Waals surface area contributed by atoms with E-state index in [9.17, 15) is 9.18 Å². The Kier molecular flexibility index (Phi) is 4.93. The highest BCUT2D eigenvalue weighted by Crippen LogP contribution is 2.32. The number of hydrogen-bond acceptors (Lipinski definition) is 3. The second-order valence-electron chi connectivity index (χ2n) is 7.76. The first-order valence-corrected chi connectivity index (χ1v) is 9.71. The fourth-order valence-electron chi connectivity index (χ4n) is 4.20. The summed E-state index contributed by atoms with van der Waals surface area (Å²) in [6.07, 6.45) is 5.83. The van der Waals surface area contributed by atoms with Crippen molar-refractivity contribution in [3.05, 3.63) is 30.1 Å². The Balaban J connectivity index is 1.22. The van der Waals surface area contributed by atoms with Gasteiger partial charge in [0.1, 0.15) is 5.82 Å². The molecule has 0 radical (unpaired) electrons. The number of halogens is 1. The molecule has 0 N–H and O–H groups in total. The molecule has 136 valence electrons. The molecule has 1 aliphatic carbocycles. The third kappa shape index (κ3) is 4.14. The normalized spacial score (nSPS) is 23.1. The molecule has 0 bridgehead atoms. The molecule has 1 aromatic carbocycles. The van der Waals surface area contributed by atoms with E-state index in [0.717, 1.165) is 44.3 Å². The van der Waals surface area contributed by atoms with Crippen molar-refractivity contribution in [3.63, 3.8) is 0 Å². The first-order valence-electron chi connectivity index (χ1n) is 9.71. The summed E-state index contributed by atoms with van der Waals surface area (Å²) < 4.78 is 13.0. The highest BCUT2D eigenvalue weighted by Gasteiger charge is 2.33. The van der Waals surface area contributed by atoms with Crippen molar-refractivity contribution in [3.8, 4) is 0 Å². The average molecular weight is 345 g/mol. The van der Waals surface area contributed by atoms with E-state index in [1.165, 1.54) is 50.9 Å². The van der Waals surface area contributed by atoms with Gasteiger partial charge in [-0.3, -0.25) is 4.79 Å². The highest BCUT2D eigenvalue weighted by atomic mass is 19.1. The van der Waals surface area contributed by atoms with Gasteiger partial charge < -0.3 is 14.7 Å². The van der Waals surface area contributed by atoms with E-state index in [2.05, 4.69) is 9.80 Å². The fraction of sp³-hybridized carbons (Fsp3) is 0.650. The summed E-state index contributed by atoms with van der Waals surface area (Å²) in [5, 5.41) is 0. The molecule has 3 aliphatic rings. The lowest BCUT2D eigenvalue weighted by atomic mass is 9.92. The van der Waals surface area contributed by atoms with E-state index in [1.54, 1.807) is 0 Å². The Morgan fingerprint density at radius 3 is 2.16 bits per heavy atom. The molecule has 2 saturated heterocycles. The van der Waals surface area contributed by atoms with Gasteiger partial charge in [0.2, 0.25) is 5.91 Å². The van der Waals surface area contributed by atoms with Crippen LogP contribution in [0.15, 0.2) is 24.3 Å². The van der Waals surface area contributed by atoms with Crippen molar-refractivity contribution in [1.82, 2.24) is 9.80 Å². The van der Waals surface area contributed by atoms with Crippen LogP contribution in [-0.2, 0) is 4.79 Å². The van der Waals surface area contributed by atoms with Crippen LogP contribution < -0.4 is 4.90 Å². The minimum Gasteiger partial charge on any atom is -0.368 e. The maximum absolute atomic E-state index is 13.0. The van der Waals surface area contributed by atoms with Crippen LogP contribution in [0.5, 0.6) is 0 Å². The maximum Gasteiger partial charge on any atom is 0.222 e. The summed E-state index contributed by atoms with van der Waals surface area (Å²) in [7, 11) is 0. The van der Waals surface area contributed by atoms with E-state index in [-0.39, 0.29) is 5.82 Å². The van der Waals surface area contributed by atoms with Crippen molar-refractivity contribution in [2.75, 3.05) is 44.2 Å². The number of amides is 1. The van der Waals surface area contributed by atoms with Gasteiger partial charge in [-0.25, -0.2) is 4.39 Å². The third-order valence-corrected chi connectivity index (χ3v) is 6.00. The molecular weight excluding hydrogens is 317 g/mol. The summed E-state index contributed by atoms with van der Waals surface area (Å²) in [5.41, 5.74) is 1.04. The first kappa shape index (κ1) is 16.8. The largest absolute Gasteiger partial charge is 0.368 e. The molecule has 1 aromatic rings. The number of carbonyl (C=O) groups excluding carboxylic acids is 1. The zero-order valence-electron chi connectivity index (χ0n) is 14.9. The van der Waals surface area contributed by atoms with Crippen molar-refractivity contribution < 1.29 is 9.18 Å². The maximum atomic E-state index is 13.0. The number of anilines is 1. The second kappa shape index (κ2) is 7.32. The Bertz CT molecular complexity index is 585. The van der Waals surface area contributed by atoms with Gasteiger partial charge in [0.15, 0.2) is 0 Å².